The number of fused-ring (bicyclic) bond motifs is 1. The molecule has 1 aliphatic heterocycles. The molecule has 1 aliphatic rings. The summed E-state index contributed by atoms with van der Waals surface area (Å²) in [7, 11) is 3.07. The highest BCUT2D eigenvalue weighted by atomic mass is 32.2. The lowest BCUT2D eigenvalue weighted by Gasteiger charge is -2.16. The number of methoxy groups -OCH3 is 2. The number of rotatable bonds is 8. The highest BCUT2D eigenvalue weighted by Gasteiger charge is 2.21. The van der Waals surface area contributed by atoms with Crippen molar-refractivity contribution < 1.29 is 19.0 Å². The summed E-state index contributed by atoms with van der Waals surface area (Å²) in [6.45, 7) is 1.13. The van der Waals surface area contributed by atoms with Gasteiger partial charge in [-0.3, -0.25) is 14.2 Å². The predicted octanol–water partition coefficient (Wildman–Crippen LogP) is 3.57. The molecule has 31 heavy (non-hydrogen) atoms. The number of carbonyl (C=O) groups is 1. The largest absolute Gasteiger partial charge is 0.497 e. The fourth-order valence-corrected chi connectivity index (χ4v) is 4.54. The normalized spacial score (nSPS) is 15.9. The van der Waals surface area contributed by atoms with E-state index in [1.165, 1.54) is 18.9 Å². The van der Waals surface area contributed by atoms with Crippen LogP contribution in [0.5, 0.6) is 11.5 Å². The smallest absolute Gasteiger partial charge is 0.262 e. The van der Waals surface area contributed by atoms with E-state index >= 15 is 0 Å². The molecule has 162 valence electrons. The predicted molar refractivity (Wildman–Crippen MR) is 120 cm³/mol. The van der Waals surface area contributed by atoms with Gasteiger partial charge >= 0.3 is 0 Å². The van der Waals surface area contributed by atoms with Gasteiger partial charge in [0.1, 0.15) is 11.5 Å². The van der Waals surface area contributed by atoms with Gasteiger partial charge in [0.05, 0.1) is 49.1 Å². The Labute approximate surface area is 184 Å². The van der Waals surface area contributed by atoms with Crippen molar-refractivity contribution in [2.75, 3.05) is 26.6 Å². The average Bonchev–Trinajstić information content (AvgIpc) is 3.32. The first-order valence-corrected chi connectivity index (χ1v) is 11.1. The molecule has 0 unspecified atom stereocenters. The lowest BCUT2D eigenvalue weighted by molar-refractivity contribution is 0.0937. The van der Waals surface area contributed by atoms with Crippen LogP contribution in [0, 0.1) is 0 Å². The summed E-state index contributed by atoms with van der Waals surface area (Å²) in [5.41, 5.74) is 0.933. The number of ether oxygens (including phenoxy) is 3. The number of thioether (sulfide) groups is 1. The van der Waals surface area contributed by atoms with Crippen molar-refractivity contribution in [1.82, 2.24) is 9.55 Å². The Kier molecular flexibility index (Phi) is 6.58. The minimum atomic E-state index is -0.133. The van der Waals surface area contributed by atoms with Crippen LogP contribution in [0.15, 0.2) is 52.4 Å². The third kappa shape index (κ3) is 4.60. The molecule has 0 bridgehead atoms. The van der Waals surface area contributed by atoms with Gasteiger partial charge in [-0.15, -0.1) is 0 Å². The summed E-state index contributed by atoms with van der Waals surface area (Å²) in [5, 5.41) is 1.07. The van der Waals surface area contributed by atoms with Crippen LogP contribution < -0.4 is 15.0 Å². The van der Waals surface area contributed by atoms with E-state index in [2.05, 4.69) is 4.98 Å². The average molecular weight is 441 g/mol. The molecular weight excluding hydrogens is 416 g/mol. The Hall–Kier alpha value is -2.84. The van der Waals surface area contributed by atoms with E-state index < -0.39 is 0 Å². The topological polar surface area (TPSA) is 79.7 Å². The van der Waals surface area contributed by atoms with Gasteiger partial charge in [-0.25, -0.2) is 4.98 Å². The molecule has 0 N–H and O–H groups in total. The fraction of sp³-hybridized carbons (Fsp3) is 0.348. The summed E-state index contributed by atoms with van der Waals surface area (Å²) < 4.78 is 17.9. The first kappa shape index (κ1) is 21.4. The standard InChI is InChI=1S/C23H24N2O5S/c1-28-15-9-10-21(29-2)18(12-15)20(26)14-31-23-24-19-8-4-3-7-17(19)22(27)25(23)13-16-6-5-11-30-16/h3-4,7-10,12,16H,5-6,11,13-14H2,1-2H3/t16-/m0/s1. The molecule has 2 heterocycles. The quantitative estimate of drug-likeness (QED) is 0.301. The zero-order valence-corrected chi connectivity index (χ0v) is 18.3. The molecule has 0 spiro atoms. The van der Waals surface area contributed by atoms with Gasteiger partial charge in [-0.2, -0.15) is 0 Å². The number of aromatic nitrogens is 2. The van der Waals surface area contributed by atoms with Gasteiger partial charge < -0.3 is 14.2 Å². The van der Waals surface area contributed by atoms with Gasteiger partial charge in [-0.05, 0) is 43.2 Å². The molecule has 4 rings (SSSR count). The van der Waals surface area contributed by atoms with Crippen LogP contribution in [0.4, 0.5) is 0 Å². The maximum absolute atomic E-state index is 13.2. The van der Waals surface area contributed by atoms with Gasteiger partial charge in [0.15, 0.2) is 10.9 Å². The Balaban J connectivity index is 1.64. The number of hydrogen-bond donors (Lipinski definition) is 0. The van der Waals surface area contributed by atoms with Gasteiger partial charge in [-0.1, -0.05) is 23.9 Å². The number of nitrogens with zero attached hydrogens (tertiary/aromatic N) is 2. The lowest BCUT2D eigenvalue weighted by atomic mass is 10.1. The number of benzene rings is 2. The van der Waals surface area contributed by atoms with Crippen LogP contribution in [0.3, 0.4) is 0 Å². The Morgan fingerprint density at radius 1 is 1.23 bits per heavy atom. The first-order chi connectivity index (χ1) is 15.1. The minimum absolute atomic E-state index is 0.0193. The van der Waals surface area contributed by atoms with Crippen LogP contribution >= 0.6 is 11.8 Å². The second-order valence-electron chi connectivity index (χ2n) is 7.24. The van der Waals surface area contributed by atoms with Crippen molar-refractivity contribution >= 4 is 28.4 Å². The summed E-state index contributed by atoms with van der Waals surface area (Å²) in [6, 6.07) is 12.4. The molecule has 1 fully saturated rings. The summed E-state index contributed by atoms with van der Waals surface area (Å²) in [5.74, 6) is 1.04. The van der Waals surface area contributed by atoms with Crippen LogP contribution in [-0.4, -0.2) is 48.0 Å². The number of carbonyl (C=O) groups excluding carboxylic acids is 1. The molecule has 8 heteroatoms. The maximum Gasteiger partial charge on any atom is 0.262 e. The fourth-order valence-electron chi connectivity index (χ4n) is 3.65. The third-order valence-electron chi connectivity index (χ3n) is 5.28. The number of ketones is 1. The van der Waals surface area contributed by atoms with E-state index in [0.717, 1.165) is 12.8 Å². The van der Waals surface area contributed by atoms with Crippen molar-refractivity contribution in [2.24, 2.45) is 0 Å². The summed E-state index contributed by atoms with van der Waals surface area (Å²) >= 11 is 1.25. The van der Waals surface area contributed by atoms with E-state index in [4.69, 9.17) is 14.2 Å². The molecule has 0 aliphatic carbocycles. The van der Waals surface area contributed by atoms with Crippen LogP contribution in [0.25, 0.3) is 10.9 Å². The van der Waals surface area contributed by atoms with Crippen molar-refractivity contribution in [3.05, 3.63) is 58.4 Å². The zero-order valence-electron chi connectivity index (χ0n) is 17.5. The molecule has 2 aromatic carbocycles. The molecule has 0 saturated carbocycles. The molecule has 1 saturated heterocycles. The van der Waals surface area contributed by atoms with Gasteiger partial charge in [0, 0.05) is 6.61 Å². The van der Waals surface area contributed by atoms with Crippen molar-refractivity contribution in [1.29, 1.82) is 0 Å². The molecule has 7 nitrogen and oxygen atoms in total. The van der Waals surface area contributed by atoms with Crippen molar-refractivity contribution in [2.45, 2.75) is 30.6 Å². The number of Topliss-reactive ketones (excluding diaryl/α,β-unsaturated/α-hetero) is 1. The lowest BCUT2D eigenvalue weighted by Crippen LogP contribution is -2.29. The van der Waals surface area contributed by atoms with Crippen molar-refractivity contribution in [3.8, 4) is 11.5 Å². The van der Waals surface area contributed by atoms with E-state index in [1.807, 2.05) is 18.2 Å². The Morgan fingerprint density at radius 3 is 2.81 bits per heavy atom. The van der Waals surface area contributed by atoms with E-state index in [-0.39, 0.29) is 23.2 Å². The van der Waals surface area contributed by atoms with E-state index in [1.54, 1.807) is 35.9 Å². The zero-order chi connectivity index (χ0) is 21.8. The Bertz CT molecular complexity index is 1150. The second kappa shape index (κ2) is 9.53. The van der Waals surface area contributed by atoms with Crippen LogP contribution in [0.2, 0.25) is 0 Å². The highest BCUT2D eigenvalue weighted by Crippen LogP contribution is 2.27. The van der Waals surface area contributed by atoms with Crippen LogP contribution in [0.1, 0.15) is 23.2 Å². The van der Waals surface area contributed by atoms with Crippen molar-refractivity contribution in [3.63, 3.8) is 0 Å². The monoisotopic (exact) mass is 440 g/mol. The van der Waals surface area contributed by atoms with E-state index in [9.17, 15) is 9.59 Å². The van der Waals surface area contributed by atoms with E-state index in [0.29, 0.717) is 46.3 Å². The van der Waals surface area contributed by atoms with Gasteiger partial charge in [0.2, 0.25) is 0 Å². The first-order valence-electron chi connectivity index (χ1n) is 10.1. The highest BCUT2D eigenvalue weighted by molar-refractivity contribution is 7.99. The molecule has 0 amide bonds. The molecular formula is C23H24N2O5S. The SMILES string of the molecule is COc1ccc(OC)c(C(=O)CSc2nc3ccccc3c(=O)n2C[C@@H]2CCCO2)c1. The van der Waals surface area contributed by atoms with Crippen LogP contribution in [-0.2, 0) is 11.3 Å². The number of para-hydroxylation sites is 1. The van der Waals surface area contributed by atoms with Gasteiger partial charge in [0.25, 0.3) is 5.56 Å². The second-order valence-corrected chi connectivity index (χ2v) is 8.18. The molecule has 1 atom stereocenters. The third-order valence-corrected chi connectivity index (χ3v) is 6.25. The molecule has 3 aromatic rings. The molecule has 0 radical (unpaired) electrons. The molecule has 1 aromatic heterocycles. The Morgan fingerprint density at radius 2 is 2.06 bits per heavy atom. The summed E-state index contributed by atoms with van der Waals surface area (Å²) in [4.78, 5) is 30.8. The summed E-state index contributed by atoms with van der Waals surface area (Å²) in [6.07, 6.45) is 1.87. The number of hydrogen-bond acceptors (Lipinski definition) is 7. The minimum Gasteiger partial charge on any atom is -0.497 e. The maximum atomic E-state index is 13.2.